The number of furan rings is 1. The van der Waals surface area contributed by atoms with Crippen LogP contribution >= 0.6 is 11.3 Å². The third kappa shape index (κ3) is 4.80. The summed E-state index contributed by atoms with van der Waals surface area (Å²) in [6.45, 7) is 3.11. The molecule has 0 bridgehead atoms. The van der Waals surface area contributed by atoms with Crippen LogP contribution in [0.2, 0.25) is 0 Å². The molecule has 142 valence electrons. The van der Waals surface area contributed by atoms with E-state index in [-0.39, 0.29) is 12.5 Å². The largest absolute Gasteiger partial charge is 0.459 e. The molecule has 0 aliphatic carbocycles. The zero-order valence-corrected chi connectivity index (χ0v) is 15.5. The molecular formula is C17H19N5O4S. The molecular weight excluding hydrogens is 370 g/mol. The van der Waals surface area contributed by atoms with E-state index in [1.165, 1.54) is 17.6 Å². The van der Waals surface area contributed by atoms with Crippen LogP contribution in [0.5, 0.6) is 0 Å². The monoisotopic (exact) mass is 389 g/mol. The molecule has 3 aromatic heterocycles. The van der Waals surface area contributed by atoms with Gasteiger partial charge >= 0.3 is 0 Å². The number of aromatic nitrogens is 2. The Morgan fingerprint density at radius 1 is 1.33 bits per heavy atom. The summed E-state index contributed by atoms with van der Waals surface area (Å²) in [6, 6.07) is 5.05. The second-order valence-electron chi connectivity index (χ2n) is 5.76. The summed E-state index contributed by atoms with van der Waals surface area (Å²) < 4.78 is 10.8. The summed E-state index contributed by atoms with van der Waals surface area (Å²) in [4.78, 5) is 25.6. The second kappa shape index (κ2) is 8.60. The number of hydrogen-bond donors (Lipinski definition) is 2. The maximum Gasteiger partial charge on any atom is 0.283 e. The van der Waals surface area contributed by atoms with Gasteiger partial charge in [0.2, 0.25) is 11.8 Å². The van der Waals surface area contributed by atoms with Crippen LogP contribution in [0.4, 0.5) is 5.00 Å². The first-order valence-electron chi connectivity index (χ1n) is 8.32. The molecule has 10 heteroatoms. The van der Waals surface area contributed by atoms with Gasteiger partial charge in [0.25, 0.3) is 11.8 Å². The number of hydrogen-bond acceptors (Lipinski definition) is 8. The second-order valence-corrected chi connectivity index (χ2v) is 6.68. The molecule has 27 heavy (non-hydrogen) atoms. The van der Waals surface area contributed by atoms with Crippen molar-refractivity contribution in [2.75, 3.05) is 18.4 Å². The van der Waals surface area contributed by atoms with Crippen molar-refractivity contribution in [3.8, 4) is 11.7 Å². The molecule has 0 saturated carbocycles. The Morgan fingerprint density at radius 2 is 2.19 bits per heavy atom. The van der Waals surface area contributed by atoms with E-state index < -0.39 is 5.91 Å². The topological polar surface area (TPSA) is 127 Å². The van der Waals surface area contributed by atoms with Gasteiger partial charge in [-0.05, 0) is 36.5 Å². The number of nitrogens with zero attached hydrogens (tertiary/aromatic N) is 3. The van der Waals surface area contributed by atoms with E-state index in [0.29, 0.717) is 41.2 Å². The molecule has 0 spiro atoms. The minimum absolute atomic E-state index is 0.113. The van der Waals surface area contributed by atoms with Crippen LogP contribution in [0.15, 0.2) is 38.7 Å². The molecule has 2 amide bonds. The average molecular weight is 389 g/mol. The number of amides is 2. The highest BCUT2D eigenvalue weighted by molar-refractivity contribution is 7.14. The van der Waals surface area contributed by atoms with Gasteiger partial charge in [0, 0.05) is 0 Å². The number of nitrogens with one attached hydrogen (secondary N) is 1. The molecule has 0 fully saturated rings. The number of rotatable bonds is 9. The van der Waals surface area contributed by atoms with Crippen molar-refractivity contribution in [1.82, 2.24) is 15.1 Å². The van der Waals surface area contributed by atoms with Crippen molar-refractivity contribution in [2.24, 2.45) is 5.73 Å². The fourth-order valence-electron chi connectivity index (χ4n) is 2.51. The first-order valence-corrected chi connectivity index (χ1v) is 9.20. The highest BCUT2D eigenvalue weighted by Crippen LogP contribution is 2.23. The summed E-state index contributed by atoms with van der Waals surface area (Å²) in [6.07, 6.45) is 2.37. The van der Waals surface area contributed by atoms with Gasteiger partial charge in [-0.1, -0.05) is 6.92 Å². The summed E-state index contributed by atoms with van der Waals surface area (Å²) >= 11 is 1.25. The van der Waals surface area contributed by atoms with Crippen molar-refractivity contribution in [3.05, 3.63) is 41.3 Å². The van der Waals surface area contributed by atoms with E-state index in [4.69, 9.17) is 14.6 Å². The summed E-state index contributed by atoms with van der Waals surface area (Å²) in [7, 11) is 0. The molecule has 3 rings (SSSR count). The van der Waals surface area contributed by atoms with Crippen molar-refractivity contribution < 1.29 is 18.4 Å². The average Bonchev–Trinajstić information content (AvgIpc) is 3.36. The maximum absolute atomic E-state index is 12.4. The first-order chi connectivity index (χ1) is 13.1. The molecule has 0 saturated heterocycles. The van der Waals surface area contributed by atoms with Crippen molar-refractivity contribution in [2.45, 2.75) is 19.9 Å². The van der Waals surface area contributed by atoms with E-state index in [2.05, 4.69) is 15.5 Å². The first kappa shape index (κ1) is 18.8. The number of carbonyl (C=O) groups excluding carboxylic acids is 2. The minimum atomic E-state index is -0.576. The zero-order valence-electron chi connectivity index (χ0n) is 14.7. The van der Waals surface area contributed by atoms with Crippen molar-refractivity contribution >= 4 is 28.2 Å². The molecule has 3 N–H and O–H groups in total. The molecule has 0 atom stereocenters. The number of nitrogens with two attached hydrogens (primary N) is 1. The van der Waals surface area contributed by atoms with Crippen LogP contribution < -0.4 is 11.1 Å². The van der Waals surface area contributed by atoms with E-state index >= 15 is 0 Å². The van der Waals surface area contributed by atoms with Gasteiger partial charge in [-0.3, -0.25) is 14.5 Å². The predicted molar refractivity (Wildman–Crippen MR) is 99.0 cm³/mol. The lowest BCUT2D eigenvalue weighted by Gasteiger charge is -2.19. The summed E-state index contributed by atoms with van der Waals surface area (Å²) in [5, 5.41) is 12.8. The molecule has 0 aliphatic rings. The van der Waals surface area contributed by atoms with Crippen LogP contribution in [0.3, 0.4) is 0 Å². The van der Waals surface area contributed by atoms with Gasteiger partial charge in [0.1, 0.15) is 5.00 Å². The number of carbonyl (C=O) groups is 2. The van der Waals surface area contributed by atoms with Crippen LogP contribution in [0, 0.1) is 0 Å². The third-order valence-corrected chi connectivity index (χ3v) is 4.48. The summed E-state index contributed by atoms with van der Waals surface area (Å²) in [5.74, 6) is 0.342. The quantitative estimate of drug-likeness (QED) is 0.575. The minimum Gasteiger partial charge on any atom is -0.459 e. The highest BCUT2D eigenvalue weighted by atomic mass is 32.1. The fraction of sp³-hybridized carbons (Fsp3) is 0.294. The maximum atomic E-state index is 12.4. The third-order valence-electron chi connectivity index (χ3n) is 3.65. The molecule has 0 aromatic carbocycles. The van der Waals surface area contributed by atoms with Crippen LogP contribution in [-0.4, -0.2) is 40.0 Å². The Balaban J connectivity index is 1.62. The van der Waals surface area contributed by atoms with Gasteiger partial charge in [0.05, 0.1) is 24.9 Å². The molecule has 0 aliphatic heterocycles. The van der Waals surface area contributed by atoms with Gasteiger partial charge in [-0.25, -0.2) is 0 Å². The van der Waals surface area contributed by atoms with E-state index in [9.17, 15) is 9.59 Å². The zero-order chi connectivity index (χ0) is 19.2. The van der Waals surface area contributed by atoms with Crippen LogP contribution in [-0.2, 0) is 11.3 Å². The highest BCUT2D eigenvalue weighted by Gasteiger charge is 2.18. The predicted octanol–water partition coefficient (Wildman–Crippen LogP) is 2.34. The van der Waals surface area contributed by atoms with Gasteiger partial charge in [-0.2, -0.15) is 0 Å². The van der Waals surface area contributed by atoms with Crippen LogP contribution in [0.1, 0.15) is 29.6 Å². The molecule has 0 radical (unpaired) electrons. The van der Waals surface area contributed by atoms with Crippen LogP contribution in [0.25, 0.3) is 11.7 Å². The van der Waals surface area contributed by atoms with Crippen molar-refractivity contribution in [3.63, 3.8) is 0 Å². The lowest BCUT2D eigenvalue weighted by Crippen LogP contribution is -2.33. The molecule has 0 unspecified atom stereocenters. The number of primary amides is 1. The van der Waals surface area contributed by atoms with E-state index in [1.807, 2.05) is 11.8 Å². The Hall–Kier alpha value is -2.98. The Kier molecular flexibility index (Phi) is 5.99. The number of thiophene rings is 1. The summed E-state index contributed by atoms with van der Waals surface area (Å²) in [5.41, 5.74) is 5.60. The molecule has 9 nitrogen and oxygen atoms in total. The smallest absolute Gasteiger partial charge is 0.283 e. The van der Waals surface area contributed by atoms with E-state index in [1.54, 1.807) is 23.6 Å². The molecule has 3 aromatic rings. The lowest BCUT2D eigenvalue weighted by atomic mass is 10.3. The Bertz CT molecular complexity index is 902. The number of anilines is 1. The van der Waals surface area contributed by atoms with Gasteiger partial charge in [0.15, 0.2) is 5.76 Å². The van der Waals surface area contributed by atoms with Gasteiger partial charge < -0.3 is 19.9 Å². The Morgan fingerprint density at radius 3 is 2.89 bits per heavy atom. The SMILES string of the molecule is CCCN(CC(=O)Nc1sccc1C(N)=O)Cc1nnc(-c2ccco2)o1. The normalized spacial score (nSPS) is 11.0. The van der Waals surface area contributed by atoms with Gasteiger partial charge in [-0.15, -0.1) is 21.5 Å². The standard InChI is InChI=1S/C17H19N5O4S/c1-2-6-22(9-13(23)19-17-11(15(18)24)5-8-27-17)10-14-20-21-16(26-14)12-4-3-7-25-12/h3-5,7-8H,2,6,9-10H2,1H3,(H2,18,24)(H,19,23). The van der Waals surface area contributed by atoms with Crippen molar-refractivity contribution in [1.29, 1.82) is 0 Å². The fourth-order valence-corrected chi connectivity index (χ4v) is 3.32. The van der Waals surface area contributed by atoms with E-state index in [0.717, 1.165) is 6.42 Å². The lowest BCUT2D eigenvalue weighted by molar-refractivity contribution is -0.117. The molecule has 3 heterocycles. The Labute approximate surface area is 159 Å².